The topological polar surface area (TPSA) is 60.9 Å². The number of nitrogens with zero attached hydrogens (tertiary/aromatic N) is 2. The molecule has 2 aromatic carbocycles. The number of nitrogens with two attached hydrogens (primary N) is 1. The van der Waals surface area contributed by atoms with Crippen LogP contribution in [0, 0.1) is 6.92 Å². The number of carbonyl (C=O) groups excluding carboxylic acids is 1. The molecule has 146 valence electrons. The monoisotopic (exact) mass is 395 g/mol. The first kappa shape index (κ1) is 20.2. The fraction of sp³-hybridized carbons (Fsp3) is 0.304. The molecule has 0 radical (unpaired) electrons. The van der Waals surface area contributed by atoms with Crippen molar-refractivity contribution in [3.8, 4) is 0 Å². The lowest BCUT2D eigenvalue weighted by Gasteiger charge is -2.36. The highest BCUT2D eigenvalue weighted by molar-refractivity contribution is 5.88. The van der Waals surface area contributed by atoms with E-state index in [0.717, 1.165) is 36.9 Å². The van der Waals surface area contributed by atoms with E-state index in [2.05, 4.69) is 48.4 Å². The van der Waals surface area contributed by atoms with Crippen molar-refractivity contribution >= 4 is 18.3 Å². The number of aromatic nitrogens is 2. The number of amides is 1. The van der Waals surface area contributed by atoms with Crippen molar-refractivity contribution in [2.24, 2.45) is 5.73 Å². The molecule has 1 heterocycles. The van der Waals surface area contributed by atoms with E-state index in [1.165, 1.54) is 16.7 Å². The lowest BCUT2D eigenvalue weighted by molar-refractivity contribution is -0.124. The second kappa shape index (κ2) is 8.19. The molecule has 0 saturated carbocycles. The molecule has 0 spiro atoms. The summed E-state index contributed by atoms with van der Waals surface area (Å²) in [5.41, 5.74) is 11.2. The Kier molecular flexibility index (Phi) is 5.90. The summed E-state index contributed by atoms with van der Waals surface area (Å²) in [7, 11) is 0. The Morgan fingerprint density at radius 2 is 1.89 bits per heavy atom. The molecule has 28 heavy (non-hydrogen) atoms. The summed E-state index contributed by atoms with van der Waals surface area (Å²) in [6.07, 6.45) is 7.31. The van der Waals surface area contributed by atoms with E-state index in [9.17, 15) is 4.79 Å². The molecule has 2 N–H and O–H groups in total. The maximum absolute atomic E-state index is 12.6. The van der Waals surface area contributed by atoms with Crippen LogP contribution in [0.1, 0.15) is 40.7 Å². The summed E-state index contributed by atoms with van der Waals surface area (Å²) in [6.45, 7) is 2.81. The molecule has 0 bridgehead atoms. The van der Waals surface area contributed by atoms with Gasteiger partial charge in [0.05, 0.1) is 18.2 Å². The zero-order valence-corrected chi connectivity index (χ0v) is 16.9. The normalized spacial score (nSPS) is 18.2. The average Bonchev–Trinajstić information content (AvgIpc) is 3.10. The third-order valence-corrected chi connectivity index (χ3v) is 5.71. The molecular weight excluding hydrogens is 370 g/mol. The van der Waals surface area contributed by atoms with Crippen molar-refractivity contribution in [3.05, 3.63) is 88.7 Å². The fourth-order valence-corrected chi connectivity index (χ4v) is 4.26. The number of carbonyl (C=O) groups is 1. The standard InChI is InChI=1S/C23H25N3O.ClH/c1-17-8-10-18(11-9-17)15-26-16-19(14-25-26)13-23(22(24)27)12-4-6-20-5-2-3-7-21(20)23;/h2-3,5,7-11,14,16H,4,6,12-13,15H2,1H3,(H2,24,27);1H. The van der Waals surface area contributed by atoms with E-state index in [1.807, 2.05) is 29.2 Å². The van der Waals surface area contributed by atoms with Gasteiger partial charge in [-0.15, -0.1) is 12.4 Å². The Labute approximate surface area is 172 Å². The maximum Gasteiger partial charge on any atom is 0.228 e. The molecule has 3 aromatic rings. The van der Waals surface area contributed by atoms with Crippen LogP contribution in [0.3, 0.4) is 0 Å². The zero-order chi connectivity index (χ0) is 18.9. The van der Waals surface area contributed by atoms with Crippen molar-refractivity contribution in [3.63, 3.8) is 0 Å². The fourth-order valence-electron chi connectivity index (χ4n) is 4.26. The van der Waals surface area contributed by atoms with Gasteiger partial charge in [0.1, 0.15) is 0 Å². The lowest BCUT2D eigenvalue weighted by atomic mass is 9.66. The third-order valence-electron chi connectivity index (χ3n) is 5.71. The number of hydrogen-bond acceptors (Lipinski definition) is 2. The smallest absolute Gasteiger partial charge is 0.228 e. The Bertz CT molecular complexity index is 964. The van der Waals surface area contributed by atoms with E-state index in [1.54, 1.807) is 0 Å². The largest absolute Gasteiger partial charge is 0.369 e. The Hall–Kier alpha value is -2.59. The maximum atomic E-state index is 12.6. The van der Waals surface area contributed by atoms with Gasteiger partial charge in [-0.2, -0.15) is 5.10 Å². The molecule has 4 rings (SSSR count). The van der Waals surface area contributed by atoms with E-state index >= 15 is 0 Å². The van der Waals surface area contributed by atoms with Crippen LogP contribution < -0.4 is 5.73 Å². The lowest BCUT2D eigenvalue weighted by Crippen LogP contribution is -2.45. The van der Waals surface area contributed by atoms with Gasteiger partial charge in [-0.25, -0.2) is 0 Å². The van der Waals surface area contributed by atoms with Gasteiger partial charge < -0.3 is 5.73 Å². The molecule has 1 aliphatic rings. The summed E-state index contributed by atoms with van der Waals surface area (Å²) in [5, 5.41) is 4.51. The molecule has 5 heteroatoms. The van der Waals surface area contributed by atoms with Gasteiger partial charge >= 0.3 is 0 Å². The minimum absolute atomic E-state index is 0. The predicted molar refractivity (Wildman–Crippen MR) is 114 cm³/mol. The number of aryl methyl sites for hydroxylation is 2. The van der Waals surface area contributed by atoms with Gasteiger partial charge in [-0.05, 0) is 54.9 Å². The molecule has 0 fully saturated rings. The van der Waals surface area contributed by atoms with Crippen molar-refractivity contribution in [2.75, 3.05) is 0 Å². The van der Waals surface area contributed by atoms with Gasteiger partial charge in [0.15, 0.2) is 0 Å². The molecule has 0 saturated heterocycles. The van der Waals surface area contributed by atoms with E-state index < -0.39 is 5.41 Å². The van der Waals surface area contributed by atoms with Crippen LogP contribution in [-0.4, -0.2) is 15.7 Å². The number of rotatable bonds is 5. The Morgan fingerprint density at radius 3 is 2.64 bits per heavy atom. The quantitative estimate of drug-likeness (QED) is 0.710. The van der Waals surface area contributed by atoms with Crippen LogP contribution in [-0.2, 0) is 29.6 Å². The highest BCUT2D eigenvalue weighted by Crippen LogP contribution is 2.39. The Morgan fingerprint density at radius 1 is 1.14 bits per heavy atom. The van der Waals surface area contributed by atoms with Crippen LogP contribution >= 0.6 is 12.4 Å². The van der Waals surface area contributed by atoms with Gasteiger partial charge in [-0.1, -0.05) is 54.1 Å². The van der Waals surface area contributed by atoms with Gasteiger partial charge in [0.2, 0.25) is 5.91 Å². The molecule has 1 aromatic heterocycles. The minimum atomic E-state index is -0.632. The number of hydrogen-bond donors (Lipinski definition) is 1. The molecule has 1 atom stereocenters. The highest BCUT2D eigenvalue weighted by atomic mass is 35.5. The molecule has 1 amide bonds. The summed E-state index contributed by atoms with van der Waals surface area (Å²) in [4.78, 5) is 12.6. The summed E-state index contributed by atoms with van der Waals surface area (Å²) in [6, 6.07) is 16.7. The summed E-state index contributed by atoms with van der Waals surface area (Å²) >= 11 is 0. The van der Waals surface area contributed by atoms with Crippen LogP contribution in [0.15, 0.2) is 60.9 Å². The van der Waals surface area contributed by atoms with Crippen LogP contribution in [0.5, 0.6) is 0 Å². The van der Waals surface area contributed by atoms with Crippen LogP contribution in [0.25, 0.3) is 0 Å². The number of halogens is 1. The molecule has 4 nitrogen and oxygen atoms in total. The van der Waals surface area contributed by atoms with Crippen LogP contribution in [0.4, 0.5) is 0 Å². The van der Waals surface area contributed by atoms with Crippen molar-refractivity contribution < 1.29 is 4.79 Å². The third kappa shape index (κ3) is 3.83. The van der Waals surface area contributed by atoms with E-state index in [4.69, 9.17) is 5.73 Å². The second-order valence-corrected chi connectivity index (χ2v) is 7.67. The van der Waals surface area contributed by atoms with Crippen molar-refractivity contribution in [1.82, 2.24) is 9.78 Å². The number of fused-ring (bicyclic) bond motifs is 1. The summed E-state index contributed by atoms with van der Waals surface area (Å²) < 4.78 is 1.93. The van der Waals surface area contributed by atoms with Gasteiger partial charge in [0, 0.05) is 6.20 Å². The molecule has 1 aliphatic carbocycles. The molecule has 0 aliphatic heterocycles. The summed E-state index contributed by atoms with van der Waals surface area (Å²) in [5.74, 6) is -0.235. The predicted octanol–water partition coefficient (Wildman–Crippen LogP) is 3.96. The Balaban J connectivity index is 0.00000225. The number of benzene rings is 2. The average molecular weight is 396 g/mol. The second-order valence-electron chi connectivity index (χ2n) is 7.67. The van der Waals surface area contributed by atoms with Gasteiger partial charge in [-0.3, -0.25) is 9.48 Å². The first-order chi connectivity index (χ1) is 13.1. The van der Waals surface area contributed by atoms with Crippen molar-refractivity contribution in [1.29, 1.82) is 0 Å². The molecular formula is C23H26ClN3O. The molecule has 1 unspecified atom stereocenters. The van der Waals surface area contributed by atoms with Gasteiger partial charge in [0.25, 0.3) is 0 Å². The highest BCUT2D eigenvalue weighted by Gasteiger charge is 2.42. The van der Waals surface area contributed by atoms with Crippen LogP contribution in [0.2, 0.25) is 0 Å². The van der Waals surface area contributed by atoms with Crippen molar-refractivity contribution in [2.45, 2.75) is 44.6 Å². The van der Waals surface area contributed by atoms with E-state index in [0.29, 0.717) is 6.42 Å². The SMILES string of the molecule is Cc1ccc(Cn2cc(CC3(C(N)=O)CCCc4ccccc43)cn2)cc1.Cl. The van der Waals surface area contributed by atoms with E-state index in [-0.39, 0.29) is 18.3 Å². The zero-order valence-electron chi connectivity index (χ0n) is 16.1. The first-order valence-electron chi connectivity index (χ1n) is 9.52. The number of primary amides is 1. The first-order valence-corrected chi connectivity index (χ1v) is 9.52. The minimum Gasteiger partial charge on any atom is -0.369 e.